The van der Waals surface area contributed by atoms with Gasteiger partial charge in [-0.2, -0.15) is 5.26 Å². The molecule has 0 aromatic heterocycles. The van der Waals surface area contributed by atoms with Crippen LogP contribution in [0.15, 0.2) is 24.3 Å². The molecule has 1 aliphatic heterocycles. The molecule has 0 radical (unpaired) electrons. The molecule has 1 amide bonds. The van der Waals surface area contributed by atoms with E-state index in [-0.39, 0.29) is 24.5 Å². The zero-order valence-corrected chi connectivity index (χ0v) is 9.63. The molecule has 1 saturated heterocycles. The monoisotopic (exact) mass is 230 g/mol. The summed E-state index contributed by atoms with van der Waals surface area (Å²) in [6.07, 6.45) is 0.387. The Morgan fingerprint density at radius 2 is 2.12 bits per heavy atom. The van der Waals surface area contributed by atoms with E-state index in [9.17, 15) is 9.90 Å². The Balaban J connectivity index is 2.27. The molecule has 0 saturated carbocycles. The van der Waals surface area contributed by atoms with Crippen molar-refractivity contribution in [1.82, 2.24) is 0 Å². The van der Waals surface area contributed by atoms with Crippen LogP contribution in [0.5, 0.6) is 0 Å². The number of hydrogen-bond acceptors (Lipinski definition) is 3. The van der Waals surface area contributed by atoms with Crippen LogP contribution in [-0.4, -0.2) is 23.7 Å². The Kier molecular flexibility index (Phi) is 3.12. The van der Waals surface area contributed by atoms with Gasteiger partial charge in [0.1, 0.15) is 0 Å². The number of benzene rings is 1. The van der Waals surface area contributed by atoms with Gasteiger partial charge in [0.25, 0.3) is 0 Å². The summed E-state index contributed by atoms with van der Waals surface area (Å²) in [4.78, 5) is 13.6. The molecule has 4 nitrogen and oxygen atoms in total. The van der Waals surface area contributed by atoms with Gasteiger partial charge >= 0.3 is 0 Å². The third-order valence-corrected chi connectivity index (χ3v) is 3.30. The maximum atomic E-state index is 11.9. The van der Waals surface area contributed by atoms with E-state index >= 15 is 0 Å². The fourth-order valence-electron chi connectivity index (χ4n) is 2.22. The molecule has 2 rings (SSSR count). The highest BCUT2D eigenvalue weighted by atomic mass is 16.3. The normalized spacial score (nSPS) is 23.8. The van der Waals surface area contributed by atoms with Gasteiger partial charge < -0.3 is 10.0 Å². The summed E-state index contributed by atoms with van der Waals surface area (Å²) in [5.41, 5.74) is 1.37. The molecule has 1 N–H and O–H groups in total. The molecule has 1 aromatic carbocycles. The van der Waals surface area contributed by atoms with Crippen molar-refractivity contribution in [3.8, 4) is 6.07 Å². The molecule has 2 atom stereocenters. The molecule has 1 heterocycles. The van der Waals surface area contributed by atoms with E-state index in [0.717, 1.165) is 5.69 Å². The summed E-state index contributed by atoms with van der Waals surface area (Å²) >= 11 is 0. The Morgan fingerprint density at radius 3 is 2.59 bits per heavy atom. The molecule has 88 valence electrons. The van der Waals surface area contributed by atoms with E-state index in [1.54, 1.807) is 29.2 Å². The smallest absolute Gasteiger partial charge is 0.227 e. The Hall–Kier alpha value is -1.86. The van der Waals surface area contributed by atoms with Gasteiger partial charge in [-0.15, -0.1) is 0 Å². The van der Waals surface area contributed by atoms with Crippen molar-refractivity contribution >= 4 is 11.6 Å². The van der Waals surface area contributed by atoms with Gasteiger partial charge in [0.05, 0.1) is 11.6 Å². The van der Waals surface area contributed by atoms with Crippen molar-refractivity contribution in [3.63, 3.8) is 0 Å². The minimum atomic E-state index is -0.00172. The van der Waals surface area contributed by atoms with Crippen LogP contribution in [0.2, 0.25) is 0 Å². The highest BCUT2D eigenvalue weighted by molar-refractivity contribution is 5.96. The molecule has 1 aromatic rings. The lowest BCUT2D eigenvalue weighted by Gasteiger charge is -2.24. The number of hydrogen-bond donors (Lipinski definition) is 1. The molecule has 0 spiro atoms. The van der Waals surface area contributed by atoms with E-state index in [4.69, 9.17) is 5.26 Å². The average molecular weight is 230 g/mol. The minimum absolute atomic E-state index is 0.000403. The minimum Gasteiger partial charge on any atom is -0.396 e. The second-order valence-corrected chi connectivity index (χ2v) is 4.31. The fourth-order valence-corrected chi connectivity index (χ4v) is 2.22. The molecule has 1 fully saturated rings. The predicted octanol–water partition coefficient (Wildman–Crippen LogP) is 1.29. The van der Waals surface area contributed by atoms with Crippen LogP contribution < -0.4 is 4.90 Å². The highest BCUT2D eigenvalue weighted by Crippen LogP contribution is 2.30. The molecule has 4 heteroatoms. The number of rotatable bonds is 2. The Morgan fingerprint density at radius 1 is 1.47 bits per heavy atom. The first-order chi connectivity index (χ1) is 8.17. The van der Waals surface area contributed by atoms with Gasteiger partial charge in [-0.1, -0.05) is 0 Å². The topological polar surface area (TPSA) is 64.3 Å². The van der Waals surface area contributed by atoms with Crippen molar-refractivity contribution < 1.29 is 9.90 Å². The predicted molar refractivity (Wildman–Crippen MR) is 63.3 cm³/mol. The second kappa shape index (κ2) is 4.56. The third-order valence-electron chi connectivity index (χ3n) is 3.30. The van der Waals surface area contributed by atoms with Crippen LogP contribution in [-0.2, 0) is 4.79 Å². The van der Waals surface area contributed by atoms with Crippen molar-refractivity contribution in [2.24, 2.45) is 5.92 Å². The lowest BCUT2D eigenvalue weighted by Crippen LogP contribution is -2.33. The maximum absolute atomic E-state index is 11.9. The summed E-state index contributed by atoms with van der Waals surface area (Å²) in [6.45, 7) is 1.96. The first-order valence-corrected chi connectivity index (χ1v) is 5.60. The van der Waals surface area contributed by atoms with Gasteiger partial charge in [0.15, 0.2) is 0 Å². The molecule has 0 aliphatic carbocycles. The molecule has 0 bridgehead atoms. The molecular formula is C13H14N2O2. The van der Waals surface area contributed by atoms with Crippen molar-refractivity contribution in [2.75, 3.05) is 11.5 Å². The lowest BCUT2D eigenvalue weighted by molar-refractivity contribution is -0.117. The number of carbonyl (C=O) groups excluding carboxylic acids is 1. The molecule has 1 aliphatic rings. The number of amides is 1. The number of aliphatic hydroxyl groups excluding tert-OH is 1. The van der Waals surface area contributed by atoms with Gasteiger partial charge in [0.2, 0.25) is 5.91 Å². The van der Waals surface area contributed by atoms with E-state index < -0.39 is 0 Å². The van der Waals surface area contributed by atoms with Crippen LogP contribution in [0.25, 0.3) is 0 Å². The largest absolute Gasteiger partial charge is 0.396 e. The van der Waals surface area contributed by atoms with Gasteiger partial charge in [-0.3, -0.25) is 4.79 Å². The summed E-state index contributed by atoms with van der Waals surface area (Å²) in [6, 6.07) is 8.98. The van der Waals surface area contributed by atoms with Gasteiger partial charge in [-0.25, -0.2) is 0 Å². The zero-order valence-electron chi connectivity index (χ0n) is 9.63. The number of aliphatic hydroxyl groups is 1. The van der Waals surface area contributed by atoms with Crippen LogP contribution in [0.3, 0.4) is 0 Å². The number of nitrogens with zero attached hydrogens (tertiary/aromatic N) is 2. The van der Waals surface area contributed by atoms with E-state index in [2.05, 4.69) is 0 Å². The van der Waals surface area contributed by atoms with E-state index in [1.807, 2.05) is 13.0 Å². The van der Waals surface area contributed by atoms with Gasteiger partial charge in [-0.05, 0) is 31.2 Å². The first kappa shape index (κ1) is 11.6. The Labute approximate surface area is 100 Å². The summed E-state index contributed by atoms with van der Waals surface area (Å²) in [7, 11) is 0. The Bertz CT molecular complexity index is 461. The van der Waals surface area contributed by atoms with Crippen molar-refractivity contribution in [2.45, 2.75) is 19.4 Å². The summed E-state index contributed by atoms with van der Waals surface area (Å²) in [5, 5.41) is 17.9. The maximum Gasteiger partial charge on any atom is 0.227 e. The first-order valence-electron chi connectivity index (χ1n) is 5.60. The van der Waals surface area contributed by atoms with Crippen LogP contribution in [0.4, 0.5) is 5.69 Å². The zero-order chi connectivity index (χ0) is 12.4. The fraction of sp³-hybridized carbons (Fsp3) is 0.385. The molecular weight excluding hydrogens is 216 g/mol. The standard InChI is InChI=1S/C13H14N2O2/c1-9-11(8-16)6-13(17)15(9)12-4-2-10(7-14)3-5-12/h2-5,9,11,16H,6,8H2,1H3. The third kappa shape index (κ3) is 2.02. The number of anilines is 1. The average Bonchev–Trinajstić information content (AvgIpc) is 2.64. The van der Waals surface area contributed by atoms with Gasteiger partial charge in [0, 0.05) is 30.7 Å². The second-order valence-electron chi connectivity index (χ2n) is 4.31. The molecule has 17 heavy (non-hydrogen) atoms. The van der Waals surface area contributed by atoms with Crippen molar-refractivity contribution in [1.29, 1.82) is 5.26 Å². The molecule has 2 unspecified atom stereocenters. The van der Waals surface area contributed by atoms with Crippen LogP contribution >= 0.6 is 0 Å². The van der Waals surface area contributed by atoms with E-state index in [1.165, 1.54) is 0 Å². The summed E-state index contributed by atoms with van der Waals surface area (Å²) in [5.74, 6) is 0.0272. The summed E-state index contributed by atoms with van der Waals surface area (Å²) < 4.78 is 0. The quantitative estimate of drug-likeness (QED) is 0.832. The highest BCUT2D eigenvalue weighted by Gasteiger charge is 2.36. The van der Waals surface area contributed by atoms with Crippen molar-refractivity contribution in [3.05, 3.63) is 29.8 Å². The van der Waals surface area contributed by atoms with Crippen LogP contribution in [0.1, 0.15) is 18.9 Å². The lowest BCUT2D eigenvalue weighted by atomic mass is 10.0. The van der Waals surface area contributed by atoms with Crippen LogP contribution in [0, 0.1) is 17.2 Å². The SMILES string of the molecule is CC1C(CO)CC(=O)N1c1ccc(C#N)cc1. The number of nitriles is 1. The van der Waals surface area contributed by atoms with E-state index in [0.29, 0.717) is 12.0 Å². The number of carbonyl (C=O) groups is 1.